The summed E-state index contributed by atoms with van der Waals surface area (Å²) in [5.74, 6) is 0.986. The van der Waals surface area contributed by atoms with Crippen LogP contribution in [0.1, 0.15) is 17.5 Å². The highest BCUT2D eigenvalue weighted by Gasteiger charge is 2.16. The highest BCUT2D eigenvalue weighted by Crippen LogP contribution is 2.30. The molecule has 6 nitrogen and oxygen atoms in total. The van der Waals surface area contributed by atoms with Gasteiger partial charge in [0.25, 0.3) is 5.91 Å². The van der Waals surface area contributed by atoms with E-state index in [9.17, 15) is 9.59 Å². The third-order valence-corrected chi connectivity index (χ3v) is 3.69. The number of hydrogen-bond acceptors (Lipinski definition) is 4. The summed E-state index contributed by atoms with van der Waals surface area (Å²) in [4.78, 5) is 23.4. The summed E-state index contributed by atoms with van der Waals surface area (Å²) in [6, 6.07) is 11.1. The number of carbonyl (C=O) groups is 2. The Bertz CT molecular complexity index is 797. The van der Waals surface area contributed by atoms with Crippen molar-refractivity contribution in [1.29, 1.82) is 0 Å². The first-order chi connectivity index (χ1) is 12.0. The zero-order chi connectivity index (χ0) is 17.8. The molecule has 2 aromatic rings. The average Bonchev–Trinajstić information content (AvgIpc) is 2.53. The monoisotopic (exact) mass is 340 g/mol. The number of rotatable bonds is 5. The van der Waals surface area contributed by atoms with E-state index in [0.29, 0.717) is 23.7 Å². The molecule has 0 saturated carbocycles. The molecule has 1 aliphatic rings. The van der Waals surface area contributed by atoms with Gasteiger partial charge in [-0.2, -0.15) is 0 Å². The number of hydrogen-bond donors (Lipinski definition) is 2. The average molecular weight is 340 g/mol. The fraction of sp³-hybridized carbons (Fsp3) is 0.263. The molecule has 1 aliphatic heterocycles. The molecule has 3 rings (SSSR count). The second-order valence-electron chi connectivity index (χ2n) is 6.02. The summed E-state index contributed by atoms with van der Waals surface area (Å²) in [7, 11) is 0. The molecule has 0 atom stereocenters. The maximum absolute atomic E-state index is 12.1. The Morgan fingerprint density at radius 3 is 2.72 bits per heavy atom. The van der Waals surface area contributed by atoms with Crippen molar-refractivity contribution in [3.8, 4) is 11.5 Å². The first-order valence-electron chi connectivity index (χ1n) is 8.07. The first kappa shape index (κ1) is 16.8. The number of fused-ring (bicyclic) bond motifs is 1. The molecule has 0 bridgehead atoms. The molecule has 2 N–H and O–H groups in total. The quantitative estimate of drug-likeness (QED) is 0.877. The summed E-state index contributed by atoms with van der Waals surface area (Å²) < 4.78 is 10.9. The Morgan fingerprint density at radius 2 is 1.96 bits per heavy atom. The topological polar surface area (TPSA) is 76.7 Å². The number of aryl methyl sites for hydroxylation is 2. The van der Waals surface area contributed by atoms with Crippen LogP contribution < -0.4 is 20.1 Å². The van der Waals surface area contributed by atoms with E-state index in [4.69, 9.17) is 9.47 Å². The van der Waals surface area contributed by atoms with Crippen molar-refractivity contribution in [2.24, 2.45) is 0 Å². The largest absolute Gasteiger partial charge is 0.493 e. The maximum Gasteiger partial charge on any atom is 0.262 e. The zero-order valence-corrected chi connectivity index (χ0v) is 14.2. The molecule has 0 fully saturated rings. The first-order valence-corrected chi connectivity index (χ1v) is 8.07. The molecular formula is C19H20N2O4. The van der Waals surface area contributed by atoms with Crippen LogP contribution in [0.2, 0.25) is 0 Å². The van der Waals surface area contributed by atoms with Gasteiger partial charge in [0.15, 0.2) is 6.61 Å². The van der Waals surface area contributed by atoms with Crippen molar-refractivity contribution in [3.63, 3.8) is 0 Å². The highest BCUT2D eigenvalue weighted by atomic mass is 16.5. The van der Waals surface area contributed by atoms with Crippen LogP contribution in [-0.4, -0.2) is 25.0 Å². The van der Waals surface area contributed by atoms with Gasteiger partial charge in [-0.15, -0.1) is 0 Å². The second kappa shape index (κ2) is 7.25. The fourth-order valence-electron chi connectivity index (χ4n) is 2.66. The normalized spacial score (nSPS) is 12.6. The van der Waals surface area contributed by atoms with Gasteiger partial charge in [-0.1, -0.05) is 6.07 Å². The smallest absolute Gasteiger partial charge is 0.262 e. The van der Waals surface area contributed by atoms with E-state index in [1.165, 1.54) is 0 Å². The van der Waals surface area contributed by atoms with Crippen LogP contribution in [0.15, 0.2) is 36.4 Å². The predicted molar refractivity (Wildman–Crippen MR) is 95.2 cm³/mol. The number of benzene rings is 2. The maximum atomic E-state index is 12.1. The number of ether oxygens (including phenoxy) is 2. The van der Waals surface area contributed by atoms with Gasteiger partial charge < -0.3 is 20.1 Å². The molecular weight excluding hydrogens is 320 g/mol. The van der Waals surface area contributed by atoms with E-state index < -0.39 is 0 Å². The van der Waals surface area contributed by atoms with Gasteiger partial charge in [0.05, 0.1) is 18.7 Å². The van der Waals surface area contributed by atoms with Gasteiger partial charge in [-0.25, -0.2) is 0 Å². The van der Waals surface area contributed by atoms with Crippen LogP contribution in [0.25, 0.3) is 0 Å². The zero-order valence-electron chi connectivity index (χ0n) is 14.2. The van der Waals surface area contributed by atoms with Crippen LogP contribution in [0.5, 0.6) is 11.5 Å². The Balaban J connectivity index is 1.52. The summed E-state index contributed by atoms with van der Waals surface area (Å²) in [5, 5.41) is 5.50. The summed E-state index contributed by atoms with van der Waals surface area (Å²) >= 11 is 0. The molecule has 0 aromatic heterocycles. The molecule has 0 saturated heterocycles. The molecule has 0 unspecified atom stereocenters. The van der Waals surface area contributed by atoms with Gasteiger partial charge in [-0.05, 0) is 55.3 Å². The lowest BCUT2D eigenvalue weighted by Crippen LogP contribution is -2.25. The van der Waals surface area contributed by atoms with Crippen molar-refractivity contribution in [2.45, 2.75) is 20.3 Å². The highest BCUT2D eigenvalue weighted by molar-refractivity contribution is 5.97. The molecule has 6 heteroatoms. The Kier molecular flexibility index (Phi) is 4.88. The van der Waals surface area contributed by atoms with Crippen LogP contribution in [0, 0.1) is 13.8 Å². The second-order valence-corrected chi connectivity index (χ2v) is 6.02. The number of amides is 2. The Hall–Kier alpha value is -3.02. The van der Waals surface area contributed by atoms with Gasteiger partial charge in [0, 0.05) is 5.69 Å². The molecule has 1 heterocycles. The lowest BCUT2D eigenvalue weighted by Gasteiger charge is -2.18. The fourth-order valence-corrected chi connectivity index (χ4v) is 2.66. The minimum absolute atomic E-state index is 0.00841. The van der Waals surface area contributed by atoms with Gasteiger partial charge in [0.2, 0.25) is 5.91 Å². The molecule has 2 amide bonds. The van der Waals surface area contributed by atoms with Crippen molar-refractivity contribution in [1.82, 2.24) is 0 Å². The standard InChI is InChI=1S/C19H20N2O4/c1-12-7-13(2)9-15(8-12)24-6-5-18(22)20-14-3-4-17-16(10-14)21-19(23)11-25-17/h3-4,7-10H,5-6,11H2,1-2H3,(H,20,22)(H,21,23). The van der Waals surface area contributed by atoms with E-state index in [1.54, 1.807) is 18.2 Å². The third kappa shape index (κ3) is 4.50. The van der Waals surface area contributed by atoms with Crippen molar-refractivity contribution < 1.29 is 19.1 Å². The van der Waals surface area contributed by atoms with Crippen molar-refractivity contribution in [3.05, 3.63) is 47.5 Å². The van der Waals surface area contributed by atoms with Crippen molar-refractivity contribution in [2.75, 3.05) is 23.8 Å². The molecule has 130 valence electrons. The molecule has 0 radical (unpaired) electrons. The Labute approximate surface area is 146 Å². The molecule has 0 spiro atoms. The summed E-state index contributed by atoms with van der Waals surface area (Å²) in [6.07, 6.45) is 0.229. The van der Waals surface area contributed by atoms with E-state index >= 15 is 0 Å². The lowest BCUT2D eigenvalue weighted by atomic mass is 10.1. The summed E-state index contributed by atoms with van der Waals surface area (Å²) in [5.41, 5.74) is 3.40. The summed E-state index contributed by atoms with van der Waals surface area (Å²) in [6.45, 7) is 4.31. The number of nitrogens with one attached hydrogen (secondary N) is 2. The molecule has 0 aliphatic carbocycles. The van der Waals surface area contributed by atoms with E-state index in [0.717, 1.165) is 16.9 Å². The van der Waals surface area contributed by atoms with Gasteiger partial charge in [-0.3, -0.25) is 9.59 Å². The molecule has 25 heavy (non-hydrogen) atoms. The SMILES string of the molecule is Cc1cc(C)cc(OCCC(=O)Nc2ccc3c(c2)NC(=O)CO3)c1. The van der Waals surface area contributed by atoms with E-state index in [2.05, 4.69) is 16.7 Å². The molecule has 2 aromatic carbocycles. The van der Waals surface area contributed by atoms with Crippen LogP contribution >= 0.6 is 0 Å². The number of carbonyl (C=O) groups excluding carboxylic acids is 2. The van der Waals surface area contributed by atoms with Gasteiger partial charge in [0.1, 0.15) is 11.5 Å². The van der Waals surface area contributed by atoms with Gasteiger partial charge >= 0.3 is 0 Å². The number of anilines is 2. The lowest BCUT2D eigenvalue weighted by molar-refractivity contribution is -0.118. The van der Waals surface area contributed by atoms with E-state index in [-0.39, 0.29) is 24.8 Å². The predicted octanol–water partition coefficient (Wildman–Crippen LogP) is 3.04. The minimum atomic E-state index is -0.210. The minimum Gasteiger partial charge on any atom is -0.493 e. The van der Waals surface area contributed by atoms with Crippen LogP contribution in [0.3, 0.4) is 0 Å². The van der Waals surface area contributed by atoms with Crippen LogP contribution in [0.4, 0.5) is 11.4 Å². The Morgan fingerprint density at radius 1 is 1.20 bits per heavy atom. The third-order valence-electron chi connectivity index (χ3n) is 3.69. The van der Waals surface area contributed by atoms with E-state index in [1.807, 2.05) is 26.0 Å². The van der Waals surface area contributed by atoms with Crippen molar-refractivity contribution >= 4 is 23.2 Å². The van der Waals surface area contributed by atoms with Crippen LogP contribution in [-0.2, 0) is 9.59 Å².